The van der Waals surface area contributed by atoms with Crippen molar-refractivity contribution in [3.05, 3.63) is 243 Å². The van der Waals surface area contributed by atoms with Crippen LogP contribution in [0.4, 0.5) is 0 Å². The Morgan fingerprint density at radius 2 is 0.417 bits per heavy atom. The number of hydrogen-bond donors (Lipinski definition) is 0. The monoisotopic (exact) mass is 852 g/mol. The standard InChI is InChI=1S/2C28H28P2/c1-23(29(25-15-7-3-8-16-25)26-17-9-4-10-18-26)24(2)30(27-19-11-5-12-20-27)28-21-13-6-14-22-28;1-5-15-25(16-6-1)29(26-17-7-2-8-18-26)23-13-14-24-30(27-19-9-3-10-20-27)28-21-11-4-12-22-28/h3-24H,1-2H3;1-12,15-22H,13-14,23-24H2. The van der Waals surface area contributed by atoms with E-state index in [0.29, 0.717) is 11.3 Å². The van der Waals surface area contributed by atoms with Crippen molar-refractivity contribution in [2.75, 3.05) is 12.3 Å². The van der Waals surface area contributed by atoms with Crippen LogP contribution in [0.1, 0.15) is 26.7 Å². The first-order valence-electron chi connectivity index (χ1n) is 21.2. The highest BCUT2D eigenvalue weighted by molar-refractivity contribution is 7.77. The fourth-order valence-electron chi connectivity index (χ4n) is 7.81. The van der Waals surface area contributed by atoms with Crippen molar-refractivity contribution in [3.8, 4) is 0 Å². The summed E-state index contributed by atoms with van der Waals surface area (Å²) in [7, 11) is -1.46. The summed E-state index contributed by atoms with van der Waals surface area (Å²) in [5.41, 5.74) is 1.10. The maximum atomic E-state index is 2.47. The van der Waals surface area contributed by atoms with Gasteiger partial charge in [0.05, 0.1) is 0 Å². The van der Waals surface area contributed by atoms with E-state index in [1.54, 1.807) is 0 Å². The lowest BCUT2D eigenvalue weighted by atomic mass is 10.3. The van der Waals surface area contributed by atoms with Crippen molar-refractivity contribution in [2.45, 2.75) is 38.0 Å². The summed E-state index contributed by atoms with van der Waals surface area (Å²) < 4.78 is 0. The first kappa shape index (κ1) is 43.6. The molecule has 0 heterocycles. The average molecular weight is 853 g/mol. The molecule has 4 heteroatoms. The summed E-state index contributed by atoms with van der Waals surface area (Å²) in [6.07, 6.45) is 5.06. The minimum absolute atomic E-state index is 0.283. The summed E-state index contributed by atoms with van der Waals surface area (Å²) in [5.74, 6) is 0. The van der Waals surface area contributed by atoms with Crippen LogP contribution in [0.5, 0.6) is 0 Å². The van der Waals surface area contributed by atoms with E-state index in [4.69, 9.17) is 0 Å². The van der Waals surface area contributed by atoms with Crippen LogP contribution in [0.25, 0.3) is 0 Å². The molecule has 0 spiro atoms. The van der Waals surface area contributed by atoms with Gasteiger partial charge in [-0.25, -0.2) is 0 Å². The second-order valence-corrected chi connectivity index (χ2v) is 24.8. The van der Waals surface area contributed by atoms with Gasteiger partial charge in [0.15, 0.2) is 0 Å². The van der Waals surface area contributed by atoms with E-state index in [1.165, 1.54) is 67.6 Å². The third kappa shape index (κ3) is 12.1. The van der Waals surface area contributed by atoms with Gasteiger partial charge in [-0.1, -0.05) is 257 Å². The largest absolute Gasteiger partial charge is 0.0622 e. The Labute approximate surface area is 365 Å². The molecule has 60 heavy (non-hydrogen) atoms. The number of rotatable bonds is 16. The normalized spacial score (nSPS) is 12.2. The molecule has 2 unspecified atom stereocenters. The van der Waals surface area contributed by atoms with Gasteiger partial charge in [-0.2, -0.15) is 0 Å². The molecule has 8 rings (SSSR count). The second-order valence-electron chi connectivity index (χ2n) is 14.9. The van der Waals surface area contributed by atoms with Gasteiger partial charge in [0.1, 0.15) is 0 Å². The van der Waals surface area contributed by atoms with Crippen LogP contribution in [0.15, 0.2) is 243 Å². The molecule has 0 saturated heterocycles. The van der Waals surface area contributed by atoms with E-state index in [0.717, 1.165) is 0 Å². The smallest absolute Gasteiger partial charge is 0.00861 e. The predicted molar refractivity (Wildman–Crippen MR) is 274 cm³/mol. The molecule has 8 aromatic carbocycles. The highest BCUT2D eigenvalue weighted by Crippen LogP contribution is 2.51. The molecule has 0 aliphatic carbocycles. The average Bonchev–Trinajstić information content (AvgIpc) is 3.33. The zero-order chi connectivity index (χ0) is 41.2. The van der Waals surface area contributed by atoms with E-state index >= 15 is 0 Å². The zero-order valence-corrected chi connectivity index (χ0v) is 38.4. The highest BCUT2D eigenvalue weighted by Gasteiger charge is 2.32. The Morgan fingerprint density at radius 3 is 0.600 bits per heavy atom. The second kappa shape index (κ2) is 23.5. The molecule has 2 atom stereocenters. The molecule has 300 valence electrons. The van der Waals surface area contributed by atoms with Gasteiger partial charge in [-0.3, -0.25) is 0 Å². The Bertz CT molecular complexity index is 2020. The van der Waals surface area contributed by atoms with Crippen molar-refractivity contribution < 1.29 is 0 Å². The van der Waals surface area contributed by atoms with E-state index in [2.05, 4.69) is 257 Å². The fraction of sp³-hybridized carbons (Fsp3) is 0.143. The van der Waals surface area contributed by atoms with Crippen molar-refractivity contribution in [3.63, 3.8) is 0 Å². The van der Waals surface area contributed by atoms with Gasteiger partial charge in [-0.15, -0.1) is 0 Å². The summed E-state index contributed by atoms with van der Waals surface area (Å²) in [4.78, 5) is 0. The molecule has 0 bridgehead atoms. The molecule has 0 amide bonds. The molecular formula is C56H56P4. The first-order chi connectivity index (χ1) is 29.7. The van der Waals surface area contributed by atoms with Gasteiger partial charge >= 0.3 is 0 Å². The zero-order valence-electron chi connectivity index (χ0n) is 34.9. The predicted octanol–water partition coefficient (Wildman–Crippen LogP) is 12.1. The van der Waals surface area contributed by atoms with Crippen molar-refractivity contribution in [1.82, 2.24) is 0 Å². The minimum atomic E-state index is -0.448. The Kier molecular flexibility index (Phi) is 17.0. The first-order valence-corrected chi connectivity index (χ1v) is 27.1. The molecular weight excluding hydrogens is 797 g/mol. The minimum Gasteiger partial charge on any atom is -0.0622 e. The summed E-state index contributed by atoms with van der Waals surface area (Å²) >= 11 is 0. The van der Waals surface area contributed by atoms with Crippen molar-refractivity contribution in [2.24, 2.45) is 0 Å². The maximum absolute atomic E-state index is 2.47. The maximum Gasteiger partial charge on any atom is -0.00861 e. The van der Waals surface area contributed by atoms with Gasteiger partial charge in [0.25, 0.3) is 0 Å². The SMILES string of the molecule is CC(C(C)P(c1ccccc1)c1ccccc1)P(c1ccccc1)c1ccccc1.c1ccc(P(CCCCP(c2ccccc2)c2ccccc2)c2ccccc2)cc1. The molecule has 8 aromatic rings. The number of unbranched alkanes of at least 4 members (excludes halogenated alkanes) is 1. The summed E-state index contributed by atoms with van der Waals surface area (Å²) in [5, 5.41) is 11.8. The lowest BCUT2D eigenvalue weighted by Gasteiger charge is -2.35. The molecule has 0 N–H and O–H groups in total. The highest BCUT2D eigenvalue weighted by atomic mass is 31.1. The Morgan fingerprint density at radius 1 is 0.250 bits per heavy atom. The molecule has 0 aliphatic rings. The summed E-state index contributed by atoms with van der Waals surface area (Å²) in [6, 6.07) is 88.8. The molecule has 0 fully saturated rings. The van der Waals surface area contributed by atoms with Crippen LogP contribution in [-0.4, -0.2) is 23.6 Å². The van der Waals surface area contributed by atoms with Crippen LogP contribution in [-0.2, 0) is 0 Å². The van der Waals surface area contributed by atoms with Gasteiger partial charge < -0.3 is 0 Å². The van der Waals surface area contributed by atoms with Crippen LogP contribution in [0, 0.1) is 0 Å². The lowest BCUT2D eigenvalue weighted by molar-refractivity contribution is 0.902. The molecule has 0 aromatic heterocycles. The van der Waals surface area contributed by atoms with Crippen LogP contribution >= 0.6 is 31.7 Å². The molecule has 0 radical (unpaired) electrons. The molecule has 0 aliphatic heterocycles. The Hall–Kier alpha value is -4.52. The van der Waals surface area contributed by atoms with Gasteiger partial charge in [0.2, 0.25) is 0 Å². The van der Waals surface area contributed by atoms with E-state index in [-0.39, 0.29) is 15.8 Å². The number of hydrogen-bond acceptors (Lipinski definition) is 0. The lowest BCUT2D eigenvalue weighted by Crippen LogP contribution is -2.31. The van der Waals surface area contributed by atoms with Crippen molar-refractivity contribution >= 4 is 74.1 Å². The molecule has 0 saturated carbocycles. The topological polar surface area (TPSA) is 0 Å². The van der Waals surface area contributed by atoms with Crippen LogP contribution in [0.3, 0.4) is 0 Å². The Balaban J connectivity index is 0.000000181. The third-order valence-electron chi connectivity index (χ3n) is 10.9. The summed E-state index contributed by atoms with van der Waals surface area (Å²) in [6.45, 7) is 4.94. The molecule has 0 nitrogen and oxygen atoms in total. The third-order valence-corrected chi connectivity index (χ3v) is 22.3. The number of benzene rings is 8. The van der Waals surface area contributed by atoms with Gasteiger partial charge in [-0.05, 0) is 111 Å². The van der Waals surface area contributed by atoms with E-state index in [9.17, 15) is 0 Å². The van der Waals surface area contributed by atoms with Crippen LogP contribution in [0.2, 0.25) is 0 Å². The van der Waals surface area contributed by atoms with E-state index in [1.807, 2.05) is 0 Å². The van der Waals surface area contributed by atoms with Crippen molar-refractivity contribution in [1.29, 1.82) is 0 Å². The van der Waals surface area contributed by atoms with Gasteiger partial charge in [0, 0.05) is 0 Å². The fourth-order valence-corrected chi connectivity index (χ4v) is 18.8. The van der Waals surface area contributed by atoms with E-state index < -0.39 is 15.8 Å². The van der Waals surface area contributed by atoms with Crippen LogP contribution < -0.4 is 42.4 Å². The quantitative estimate of drug-likeness (QED) is 0.0671.